The molecule has 160 valence electrons. The summed E-state index contributed by atoms with van der Waals surface area (Å²) >= 11 is 0. The molecule has 0 spiro atoms. The number of rotatable bonds is 6. The van der Waals surface area contributed by atoms with Gasteiger partial charge in [-0.1, -0.05) is 12.1 Å². The Bertz CT molecular complexity index is 1190. The number of halogens is 3. The van der Waals surface area contributed by atoms with E-state index in [1.807, 2.05) is 18.4 Å². The third-order valence-corrected chi connectivity index (χ3v) is 4.51. The molecule has 0 bridgehead atoms. The average Bonchev–Trinajstić information content (AvgIpc) is 3.11. The summed E-state index contributed by atoms with van der Waals surface area (Å²) in [6, 6.07) is 5.18. The van der Waals surface area contributed by atoms with E-state index in [4.69, 9.17) is 0 Å². The van der Waals surface area contributed by atoms with Gasteiger partial charge in [0, 0.05) is 25.0 Å². The molecule has 0 aliphatic rings. The van der Waals surface area contributed by atoms with E-state index in [9.17, 15) is 13.2 Å². The monoisotopic (exact) mass is 428 g/mol. The largest absolute Gasteiger partial charge is 0.416 e. The number of hydrogen-bond donors (Lipinski definition) is 2. The van der Waals surface area contributed by atoms with Crippen molar-refractivity contribution < 1.29 is 13.2 Å². The number of nitrogens with one attached hydrogen (secondary N) is 2. The average molecular weight is 428 g/mol. The standard InChI is InChI=1S/C20H19F3N8/c1-12(2)31-18-16(30-19(31)29-15-10-24-6-7-25-15)17(27-11-28-18)26-9-13-4-3-5-14(8-13)20(21,22)23/h3-8,10-12H,9H2,1-2H3,(H,25,29,30)(H,26,27,28). The highest BCUT2D eigenvalue weighted by molar-refractivity contribution is 5.85. The van der Waals surface area contributed by atoms with Crippen molar-refractivity contribution in [3.05, 3.63) is 60.3 Å². The second-order valence-electron chi connectivity index (χ2n) is 7.06. The number of imidazole rings is 1. The summed E-state index contributed by atoms with van der Waals surface area (Å²) in [5.74, 6) is 1.45. The Morgan fingerprint density at radius 1 is 1.10 bits per heavy atom. The van der Waals surface area contributed by atoms with E-state index in [-0.39, 0.29) is 12.6 Å². The summed E-state index contributed by atoms with van der Waals surface area (Å²) in [4.78, 5) is 21.4. The number of benzene rings is 1. The topological polar surface area (TPSA) is 93.4 Å². The molecule has 2 N–H and O–H groups in total. The van der Waals surface area contributed by atoms with Gasteiger partial charge < -0.3 is 10.6 Å². The van der Waals surface area contributed by atoms with E-state index in [0.717, 1.165) is 12.1 Å². The summed E-state index contributed by atoms with van der Waals surface area (Å²) < 4.78 is 40.8. The molecule has 3 heterocycles. The lowest BCUT2D eigenvalue weighted by molar-refractivity contribution is -0.137. The first-order valence-electron chi connectivity index (χ1n) is 9.49. The second kappa shape index (κ2) is 8.17. The number of nitrogens with zero attached hydrogens (tertiary/aromatic N) is 6. The highest BCUT2D eigenvalue weighted by atomic mass is 19.4. The Morgan fingerprint density at radius 2 is 1.94 bits per heavy atom. The van der Waals surface area contributed by atoms with Gasteiger partial charge in [0.1, 0.15) is 6.33 Å². The number of fused-ring (bicyclic) bond motifs is 1. The maximum Gasteiger partial charge on any atom is 0.416 e. The van der Waals surface area contributed by atoms with Crippen LogP contribution in [0.15, 0.2) is 49.2 Å². The minimum absolute atomic E-state index is 0.0235. The molecule has 1 aromatic carbocycles. The smallest absolute Gasteiger partial charge is 0.364 e. The zero-order valence-corrected chi connectivity index (χ0v) is 16.7. The Hall–Kier alpha value is -3.76. The summed E-state index contributed by atoms with van der Waals surface area (Å²) in [6.07, 6.45) is 1.70. The molecule has 31 heavy (non-hydrogen) atoms. The van der Waals surface area contributed by atoms with Crippen LogP contribution < -0.4 is 10.6 Å². The van der Waals surface area contributed by atoms with Crippen molar-refractivity contribution in [2.24, 2.45) is 0 Å². The third kappa shape index (κ3) is 4.39. The van der Waals surface area contributed by atoms with Crippen LogP contribution in [0.4, 0.5) is 30.8 Å². The fourth-order valence-corrected chi connectivity index (χ4v) is 3.14. The molecule has 0 saturated carbocycles. The molecule has 0 amide bonds. The van der Waals surface area contributed by atoms with Crippen LogP contribution in [0.2, 0.25) is 0 Å². The van der Waals surface area contributed by atoms with Crippen LogP contribution in [0.1, 0.15) is 31.0 Å². The van der Waals surface area contributed by atoms with E-state index in [1.165, 1.54) is 12.4 Å². The van der Waals surface area contributed by atoms with Gasteiger partial charge in [0.25, 0.3) is 0 Å². The van der Waals surface area contributed by atoms with Crippen LogP contribution in [0.3, 0.4) is 0 Å². The van der Waals surface area contributed by atoms with Crippen molar-refractivity contribution in [3.63, 3.8) is 0 Å². The molecule has 0 aliphatic heterocycles. The van der Waals surface area contributed by atoms with Crippen LogP contribution in [0.25, 0.3) is 11.2 Å². The van der Waals surface area contributed by atoms with Crippen LogP contribution in [-0.4, -0.2) is 29.5 Å². The number of alkyl halides is 3. The Kier molecular flexibility index (Phi) is 5.40. The highest BCUT2D eigenvalue weighted by Gasteiger charge is 2.30. The first-order chi connectivity index (χ1) is 14.8. The van der Waals surface area contributed by atoms with Gasteiger partial charge in [0.2, 0.25) is 5.95 Å². The fraction of sp³-hybridized carbons (Fsp3) is 0.250. The van der Waals surface area contributed by atoms with E-state index < -0.39 is 11.7 Å². The molecular weight excluding hydrogens is 409 g/mol. The minimum Gasteiger partial charge on any atom is -0.364 e. The number of hydrogen-bond acceptors (Lipinski definition) is 7. The number of aromatic nitrogens is 6. The zero-order chi connectivity index (χ0) is 22.0. The third-order valence-electron chi connectivity index (χ3n) is 4.51. The van der Waals surface area contributed by atoms with Crippen molar-refractivity contribution in [2.75, 3.05) is 10.6 Å². The van der Waals surface area contributed by atoms with Crippen molar-refractivity contribution in [3.8, 4) is 0 Å². The van der Waals surface area contributed by atoms with Crippen molar-refractivity contribution in [1.82, 2.24) is 29.5 Å². The van der Waals surface area contributed by atoms with Gasteiger partial charge >= 0.3 is 6.18 Å². The van der Waals surface area contributed by atoms with Gasteiger partial charge in [0.05, 0.1) is 11.8 Å². The summed E-state index contributed by atoms with van der Waals surface area (Å²) in [6.45, 7) is 4.12. The van der Waals surface area contributed by atoms with Gasteiger partial charge in [-0.05, 0) is 31.5 Å². The molecule has 0 saturated heterocycles. The second-order valence-corrected chi connectivity index (χ2v) is 7.06. The molecule has 0 aliphatic carbocycles. The summed E-state index contributed by atoms with van der Waals surface area (Å²) in [7, 11) is 0. The van der Waals surface area contributed by atoms with E-state index in [0.29, 0.717) is 34.3 Å². The van der Waals surface area contributed by atoms with Crippen LogP contribution in [0, 0.1) is 0 Å². The first-order valence-corrected chi connectivity index (χ1v) is 9.49. The molecule has 8 nitrogen and oxygen atoms in total. The summed E-state index contributed by atoms with van der Waals surface area (Å²) in [5, 5.41) is 6.20. The molecular formula is C20H19F3N8. The predicted molar refractivity (Wildman–Crippen MR) is 110 cm³/mol. The molecule has 0 unspecified atom stereocenters. The molecule has 11 heteroatoms. The van der Waals surface area contributed by atoms with Crippen molar-refractivity contribution >= 4 is 28.7 Å². The van der Waals surface area contributed by atoms with Crippen LogP contribution in [-0.2, 0) is 12.7 Å². The quantitative estimate of drug-likeness (QED) is 0.465. The normalized spacial score (nSPS) is 11.8. The maximum absolute atomic E-state index is 13.0. The molecule has 0 fully saturated rings. The Morgan fingerprint density at radius 3 is 2.65 bits per heavy atom. The number of anilines is 3. The van der Waals surface area contributed by atoms with Gasteiger partial charge in [-0.3, -0.25) is 9.55 Å². The Labute approximate surface area is 175 Å². The zero-order valence-electron chi connectivity index (χ0n) is 16.7. The van der Waals surface area contributed by atoms with Crippen LogP contribution >= 0.6 is 0 Å². The lowest BCUT2D eigenvalue weighted by Gasteiger charge is -2.13. The lowest BCUT2D eigenvalue weighted by Crippen LogP contribution is -2.08. The molecule has 3 aromatic heterocycles. The van der Waals surface area contributed by atoms with E-state index in [2.05, 4.69) is 35.6 Å². The molecule has 4 aromatic rings. The predicted octanol–water partition coefficient (Wildman–Crippen LogP) is 4.57. The van der Waals surface area contributed by atoms with E-state index in [1.54, 1.807) is 24.7 Å². The molecule has 0 atom stereocenters. The Balaban J connectivity index is 1.65. The van der Waals surface area contributed by atoms with Gasteiger partial charge in [0.15, 0.2) is 22.8 Å². The molecule has 4 rings (SSSR count). The van der Waals surface area contributed by atoms with E-state index >= 15 is 0 Å². The van der Waals surface area contributed by atoms with Gasteiger partial charge in [-0.2, -0.15) is 13.2 Å². The van der Waals surface area contributed by atoms with Gasteiger partial charge in [-0.15, -0.1) is 0 Å². The summed E-state index contributed by atoms with van der Waals surface area (Å²) in [5.41, 5.74) is 0.861. The lowest BCUT2D eigenvalue weighted by atomic mass is 10.1. The van der Waals surface area contributed by atoms with Gasteiger partial charge in [-0.25, -0.2) is 19.9 Å². The minimum atomic E-state index is -4.39. The van der Waals surface area contributed by atoms with Crippen molar-refractivity contribution in [2.45, 2.75) is 32.6 Å². The SMILES string of the molecule is CC(C)n1c(Nc2cnccn2)nc2c(NCc3cccc(C(F)(F)F)c3)ncnc21. The highest BCUT2D eigenvalue weighted by Crippen LogP contribution is 2.30. The molecule has 0 radical (unpaired) electrons. The first kappa shape index (κ1) is 20.5. The maximum atomic E-state index is 13.0. The fourth-order valence-electron chi connectivity index (χ4n) is 3.14. The van der Waals surface area contributed by atoms with Crippen LogP contribution in [0.5, 0.6) is 0 Å². The van der Waals surface area contributed by atoms with Crippen molar-refractivity contribution in [1.29, 1.82) is 0 Å².